The predicted octanol–water partition coefficient (Wildman–Crippen LogP) is 3.50. The quantitative estimate of drug-likeness (QED) is 0.915. The molecule has 2 N–H and O–H groups in total. The number of nitrogens with two attached hydrogens (primary N) is 1. The molecule has 0 saturated heterocycles. The standard InChI is InChI=1S/C16H18FNO/c1-10-7-8-11(2)12(9-10)16(18)15-13(17)5-4-6-14(15)19-3/h4-9,16H,18H2,1-3H3. The normalized spacial score (nSPS) is 12.3. The van der Waals surface area contributed by atoms with Crippen LogP contribution in [0.5, 0.6) is 5.75 Å². The maximum atomic E-state index is 14.0. The summed E-state index contributed by atoms with van der Waals surface area (Å²) in [7, 11) is 1.52. The zero-order valence-electron chi connectivity index (χ0n) is 11.4. The predicted molar refractivity (Wildman–Crippen MR) is 74.9 cm³/mol. The average Bonchev–Trinajstić information content (AvgIpc) is 2.40. The van der Waals surface area contributed by atoms with E-state index in [2.05, 4.69) is 0 Å². The van der Waals surface area contributed by atoms with Crippen molar-refractivity contribution >= 4 is 0 Å². The van der Waals surface area contributed by atoms with E-state index in [1.165, 1.54) is 13.2 Å². The monoisotopic (exact) mass is 259 g/mol. The minimum atomic E-state index is -0.531. The maximum absolute atomic E-state index is 14.0. The SMILES string of the molecule is COc1cccc(F)c1C(N)c1cc(C)ccc1C. The van der Waals surface area contributed by atoms with Crippen molar-refractivity contribution in [1.29, 1.82) is 0 Å². The molecule has 19 heavy (non-hydrogen) atoms. The topological polar surface area (TPSA) is 35.2 Å². The number of halogens is 1. The molecule has 0 bridgehead atoms. The van der Waals surface area contributed by atoms with Crippen LogP contribution in [0.3, 0.4) is 0 Å². The van der Waals surface area contributed by atoms with Crippen molar-refractivity contribution in [2.45, 2.75) is 19.9 Å². The van der Waals surface area contributed by atoms with Crippen LogP contribution in [0, 0.1) is 19.7 Å². The minimum absolute atomic E-state index is 0.340. The molecule has 2 nitrogen and oxygen atoms in total. The van der Waals surface area contributed by atoms with Crippen LogP contribution in [0.1, 0.15) is 28.3 Å². The molecule has 1 unspecified atom stereocenters. The number of benzene rings is 2. The van der Waals surface area contributed by atoms with E-state index in [1.54, 1.807) is 12.1 Å². The molecule has 2 rings (SSSR count). The van der Waals surface area contributed by atoms with E-state index in [9.17, 15) is 4.39 Å². The molecule has 0 amide bonds. The van der Waals surface area contributed by atoms with Gasteiger partial charge in [0, 0.05) is 0 Å². The molecule has 0 radical (unpaired) electrons. The summed E-state index contributed by atoms with van der Waals surface area (Å²) in [6.07, 6.45) is 0. The van der Waals surface area contributed by atoms with Crippen LogP contribution in [0.4, 0.5) is 4.39 Å². The lowest BCUT2D eigenvalue weighted by molar-refractivity contribution is 0.402. The second-order valence-corrected chi connectivity index (χ2v) is 4.69. The lowest BCUT2D eigenvalue weighted by Gasteiger charge is -2.19. The van der Waals surface area contributed by atoms with Gasteiger partial charge in [0.15, 0.2) is 0 Å². The van der Waals surface area contributed by atoms with Crippen molar-refractivity contribution in [3.05, 3.63) is 64.5 Å². The number of hydrogen-bond donors (Lipinski definition) is 1. The van der Waals surface area contributed by atoms with Crippen LogP contribution in [-0.4, -0.2) is 7.11 Å². The fraction of sp³-hybridized carbons (Fsp3) is 0.250. The number of hydrogen-bond acceptors (Lipinski definition) is 2. The van der Waals surface area contributed by atoms with E-state index in [0.717, 1.165) is 16.7 Å². The number of aryl methyl sites for hydroxylation is 2. The zero-order valence-corrected chi connectivity index (χ0v) is 11.4. The number of ether oxygens (including phenoxy) is 1. The van der Waals surface area contributed by atoms with E-state index < -0.39 is 6.04 Å². The van der Waals surface area contributed by atoms with Gasteiger partial charge in [-0.3, -0.25) is 0 Å². The Morgan fingerprint density at radius 1 is 1.16 bits per heavy atom. The van der Waals surface area contributed by atoms with Gasteiger partial charge in [0.1, 0.15) is 11.6 Å². The van der Waals surface area contributed by atoms with E-state index in [1.807, 2.05) is 32.0 Å². The van der Waals surface area contributed by atoms with Crippen LogP contribution in [0.2, 0.25) is 0 Å². The molecular formula is C16H18FNO. The first-order valence-corrected chi connectivity index (χ1v) is 6.19. The summed E-state index contributed by atoms with van der Waals surface area (Å²) >= 11 is 0. The first-order chi connectivity index (χ1) is 9.04. The highest BCUT2D eigenvalue weighted by atomic mass is 19.1. The van der Waals surface area contributed by atoms with Crippen LogP contribution in [0.15, 0.2) is 36.4 Å². The highest BCUT2D eigenvalue weighted by Gasteiger charge is 2.20. The maximum Gasteiger partial charge on any atom is 0.132 e. The van der Waals surface area contributed by atoms with Gasteiger partial charge in [-0.05, 0) is 37.1 Å². The van der Waals surface area contributed by atoms with Gasteiger partial charge in [0.2, 0.25) is 0 Å². The molecule has 100 valence electrons. The van der Waals surface area contributed by atoms with Crippen molar-refractivity contribution in [3.8, 4) is 5.75 Å². The Bertz CT molecular complexity index is 595. The van der Waals surface area contributed by atoms with Crippen LogP contribution < -0.4 is 10.5 Å². The van der Waals surface area contributed by atoms with Crippen molar-refractivity contribution in [2.75, 3.05) is 7.11 Å². The van der Waals surface area contributed by atoms with Gasteiger partial charge >= 0.3 is 0 Å². The summed E-state index contributed by atoms with van der Waals surface area (Å²) in [6.45, 7) is 3.97. The van der Waals surface area contributed by atoms with E-state index in [0.29, 0.717) is 11.3 Å². The van der Waals surface area contributed by atoms with Crippen LogP contribution in [-0.2, 0) is 0 Å². The fourth-order valence-electron chi connectivity index (χ4n) is 2.25. The molecule has 0 aromatic heterocycles. The van der Waals surface area contributed by atoms with Crippen molar-refractivity contribution in [1.82, 2.24) is 0 Å². The Hall–Kier alpha value is -1.87. The Morgan fingerprint density at radius 2 is 1.89 bits per heavy atom. The second kappa shape index (κ2) is 5.41. The summed E-state index contributed by atoms with van der Waals surface area (Å²) in [5.41, 5.74) is 9.71. The summed E-state index contributed by atoms with van der Waals surface area (Å²) in [6, 6.07) is 10.2. The molecule has 0 aliphatic rings. The van der Waals surface area contributed by atoms with Gasteiger partial charge in [-0.25, -0.2) is 4.39 Å². The highest BCUT2D eigenvalue weighted by Crippen LogP contribution is 2.32. The van der Waals surface area contributed by atoms with Gasteiger partial charge in [-0.15, -0.1) is 0 Å². The van der Waals surface area contributed by atoms with Crippen molar-refractivity contribution in [3.63, 3.8) is 0 Å². The summed E-state index contributed by atoms with van der Waals surface area (Å²) in [5, 5.41) is 0. The molecular weight excluding hydrogens is 241 g/mol. The van der Waals surface area contributed by atoms with Crippen LogP contribution in [0.25, 0.3) is 0 Å². The first kappa shape index (κ1) is 13.6. The third-order valence-corrected chi connectivity index (χ3v) is 3.31. The Balaban J connectivity index is 2.55. The Labute approximate surface area is 113 Å². The molecule has 3 heteroatoms. The second-order valence-electron chi connectivity index (χ2n) is 4.69. The minimum Gasteiger partial charge on any atom is -0.496 e. The van der Waals surface area contributed by atoms with E-state index >= 15 is 0 Å². The molecule has 2 aromatic rings. The van der Waals surface area contributed by atoms with Gasteiger partial charge < -0.3 is 10.5 Å². The summed E-state index contributed by atoms with van der Waals surface area (Å²) < 4.78 is 19.3. The fourth-order valence-corrected chi connectivity index (χ4v) is 2.25. The van der Waals surface area contributed by atoms with E-state index in [4.69, 9.17) is 10.5 Å². The van der Waals surface area contributed by atoms with E-state index in [-0.39, 0.29) is 5.82 Å². The lowest BCUT2D eigenvalue weighted by atomic mass is 9.93. The number of rotatable bonds is 3. The molecule has 2 aromatic carbocycles. The summed E-state index contributed by atoms with van der Waals surface area (Å²) in [4.78, 5) is 0. The zero-order chi connectivity index (χ0) is 14.0. The molecule has 0 spiro atoms. The third-order valence-electron chi connectivity index (χ3n) is 3.31. The first-order valence-electron chi connectivity index (χ1n) is 6.19. The van der Waals surface area contributed by atoms with Crippen molar-refractivity contribution < 1.29 is 9.13 Å². The molecule has 0 fully saturated rings. The molecule has 0 aliphatic carbocycles. The molecule has 0 heterocycles. The molecule has 0 saturated carbocycles. The van der Waals surface area contributed by atoms with Gasteiger partial charge in [0.25, 0.3) is 0 Å². The van der Waals surface area contributed by atoms with Gasteiger partial charge in [-0.1, -0.05) is 29.8 Å². The molecule has 1 atom stereocenters. The Morgan fingerprint density at radius 3 is 2.58 bits per heavy atom. The van der Waals surface area contributed by atoms with Gasteiger partial charge in [0.05, 0.1) is 18.7 Å². The van der Waals surface area contributed by atoms with Crippen molar-refractivity contribution in [2.24, 2.45) is 5.73 Å². The third kappa shape index (κ3) is 2.61. The number of methoxy groups -OCH3 is 1. The van der Waals surface area contributed by atoms with Gasteiger partial charge in [-0.2, -0.15) is 0 Å². The average molecular weight is 259 g/mol. The smallest absolute Gasteiger partial charge is 0.132 e. The highest BCUT2D eigenvalue weighted by molar-refractivity contribution is 5.45. The summed E-state index contributed by atoms with van der Waals surface area (Å²) in [5.74, 6) is 0.140. The lowest BCUT2D eigenvalue weighted by Crippen LogP contribution is -2.16. The largest absolute Gasteiger partial charge is 0.496 e. The van der Waals surface area contributed by atoms with Crippen LogP contribution >= 0.6 is 0 Å². The molecule has 0 aliphatic heterocycles. The Kier molecular flexibility index (Phi) is 3.86.